The van der Waals surface area contributed by atoms with Crippen LogP contribution in [0.5, 0.6) is 0 Å². The highest BCUT2D eigenvalue weighted by Gasteiger charge is 2.18. The van der Waals surface area contributed by atoms with Gasteiger partial charge in [-0.05, 0) is 23.1 Å². The van der Waals surface area contributed by atoms with Crippen molar-refractivity contribution in [2.45, 2.75) is 13.0 Å². The number of hydrogen-bond acceptors (Lipinski definition) is 5. The summed E-state index contributed by atoms with van der Waals surface area (Å²) in [6.45, 7) is 12.4. The number of hydrazone groups is 1. The van der Waals surface area contributed by atoms with E-state index in [1.54, 1.807) is 18.2 Å². The van der Waals surface area contributed by atoms with E-state index in [2.05, 4.69) is 57.8 Å². The summed E-state index contributed by atoms with van der Waals surface area (Å²) in [6, 6.07) is 10.4. The Kier molecular flexibility index (Phi) is 10.5. The summed E-state index contributed by atoms with van der Waals surface area (Å²) in [5.74, 6) is -0.131. The first kappa shape index (κ1) is 23.5. The maximum Gasteiger partial charge on any atom is 0.254 e. The Morgan fingerprint density at radius 3 is 2.53 bits per heavy atom. The fourth-order valence-electron chi connectivity index (χ4n) is 3.09. The number of nitrogens with one attached hydrogen (secondary N) is 1. The predicted molar refractivity (Wildman–Crippen MR) is 123 cm³/mol. The molecule has 1 saturated heterocycles. The van der Waals surface area contributed by atoms with Crippen molar-refractivity contribution < 1.29 is 9.90 Å². The van der Waals surface area contributed by atoms with Gasteiger partial charge in [-0.1, -0.05) is 61.2 Å². The number of hydrogen-bond donors (Lipinski definition) is 2. The van der Waals surface area contributed by atoms with Crippen LogP contribution in [0.3, 0.4) is 0 Å². The number of carbonyl (C=O) groups is 1. The maximum absolute atomic E-state index is 12.1. The van der Waals surface area contributed by atoms with Gasteiger partial charge in [0.1, 0.15) is 0 Å². The molecule has 0 aromatic heterocycles. The number of amides is 1. The summed E-state index contributed by atoms with van der Waals surface area (Å²) in [5.41, 5.74) is 5.38. The average molecular weight is 409 g/mol. The van der Waals surface area contributed by atoms with E-state index in [0.29, 0.717) is 18.5 Å². The van der Waals surface area contributed by atoms with Gasteiger partial charge in [-0.25, -0.2) is 5.43 Å². The van der Waals surface area contributed by atoms with Crippen LogP contribution in [-0.2, 0) is 11.3 Å². The average Bonchev–Trinajstić information content (AvgIpc) is 2.75. The van der Waals surface area contributed by atoms with Gasteiger partial charge < -0.3 is 5.11 Å². The predicted octanol–water partition coefficient (Wildman–Crippen LogP) is 2.51. The van der Waals surface area contributed by atoms with Crippen molar-refractivity contribution in [2.75, 3.05) is 39.3 Å². The Hall–Kier alpha value is -2.80. The fourth-order valence-corrected chi connectivity index (χ4v) is 3.09. The minimum absolute atomic E-state index is 0.00645. The number of carbonyl (C=O) groups excluding carboxylic acids is 1. The van der Waals surface area contributed by atoms with Crippen molar-refractivity contribution in [3.8, 4) is 0 Å². The zero-order valence-electron chi connectivity index (χ0n) is 17.5. The van der Waals surface area contributed by atoms with Crippen LogP contribution >= 0.6 is 0 Å². The molecule has 0 radical (unpaired) electrons. The van der Waals surface area contributed by atoms with Crippen LogP contribution in [-0.4, -0.2) is 66.4 Å². The van der Waals surface area contributed by atoms with E-state index in [9.17, 15) is 9.90 Å². The molecule has 1 aromatic rings. The normalized spacial score (nSPS) is 16.2. The lowest BCUT2D eigenvalue weighted by Gasteiger charge is -2.34. The highest BCUT2D eigenvalue weighted by molar-refractivity contribution is 5.84. The lowest BCUT2D eigenvalue weighted by Crippen LogP contribution is -2.48. The molecule has 6 nitrogen and oxygen atoms in total. The molecular formula is C24H32N4O2. The van der Waals surface area contributed by atoms with Gasteiger partial charge >= 0.3 is 0 Å². The maximum atomic E-state index is 12.1. The monoisotopic (exact) mass is 408 g/mol. The molecule has 0 bridgehead atoms. The molecule has 1 aromatic carbocycles. The van der Waals surface area contributed by atoms with E-state index >= 15 is 0 Å². The van der Waals surface area contributed by atoms with Crippen molar-refractivity contribution in [1.29, 1.82) is 0 Å². The van der Waals surface area contributed by atoms with Gasteiger partial charge in [0, 0.05) is 32.7 Å². The highest BCUT2D eigenvalue weighted by atomic mass is 16.3. The van der Waals surface area contributed by atoms with Crippen LogP contribution in [0.25, 0.3) is 0 Å². The molecule has 0 unspecified atom stereocenters. The Balaban J connectivity index is 1.66. The van der Waals surface area contributed by atoms with Gasteiger partial charge in [-0.2, -0.15) is 5.10 Å². The molecule has 0 aliphatic carbocycles. The first-order valence-corrected chi connectivity index (χ1v) is 10.2. The lowest BCUT2D eigenvalue weighted by atomic mass is 10.2. The van der Waals surface area contributed by atoms with Crippen molar-refractivity contribution >= 4 is 12.1 Å². The van der Waals surface area contributed by atoms with Crippen LogP contribution in [0.2, 0.25) is 0 Å². The fraction of sp³-hybridized carbons (Fsp3) is 0.333. The summed E-state index contributed by atoms with van der Waals surface area (Å²) >= 11 is 0. The molecular weight excluding hydrogens is 376 g/mol. The van der Waals surface area contributed by atoms with Crippen LogP contribution in [0.15, 0.2) is 84.0 Å². The zero-order valence-corrected chi connectivity index (χ0v) is 17.5. The van der Waals surface area contributed by atoms with Crippen LogP contribution in [0.4, 0.5) is 0 Å². The van der Waals surface area contributed by atoms with Crippen LogP contribution in [0, 0.1) is 0 Å². The lowest BCUT2D eigenvalue weighted by molar-refractivity contribution is -0.122. The quantitative estimate of drug-likeness (QED) is 0.256. The molecule has 6 heteroatoms. The zero-order chi connectivity index (χ0) is 21.6. The molecule has 0 spiro atoms. The summed E-state index contributed by atoms with van der Waals surface area (Å²) in [6.07, 6.45) is 9.26. The third kappa shape index (κ3) is 9.13. The van der Waals surface area contributed by atoms with Crippen molar-refractivity contribution in [3.05, 3.63) is 84.5 Å². The van der Waals surface area contributed by atoms with Crippen LogP contribution in [0.1, 0.15) is 12.0 Å². The van der Waals surface area contributed by atoms with Crippen LogP contribution < -0.4 is 5.43 Å². The van der Waals surface area contributed by atoms with Gasteiger partial charge in [-0.15, -0.1) is 6.58 Å². The SMILES string of the molecule is C=CC/C(=C/C=C\C(=C)/C=N/NC(=O)CN1CCN(Cc2ccccc2)CC1)CO. The Morgan fingerprint density at radius 2 is 1.87 bits per heavy atom. The molecule has 1 fully saturated rings. The summed E-state index contributed by atoms with van der Waals surface area (Å²) in [7, 11) is 0. The minimum Gasteiger partial charge on any atom is -0.392 e. The molecule has 160 valence electrons. The molecule has 1 amide bonds. The number of piperazine rings is 1. The molecule has 30 heavy (non-hydrogen) atoms. The largest absolute Gasteiger partial charge is 0.392 e. The number of benzene rings is 1. The molecule has 0 atom stereocenters. The third-order valence-electron chi connectivity index (χ3n) is 4.75. The Labute approximate surface area is 179 Å². The van der Waals surface area contributed by atoms with Gasteiger partial charge in [0.2, 0.25) is 0 Å². The smallest absolute Gasteiger partial charge is 0.254 e. The van der Waals surface area contributed by atoms with E-state index in [4.69, 9.17) is 0 Å². The molecule has 2 rings (SSSR count). The second kappa shape index (κ2) is 13.4. The second-order valence-corrected chi connectivity index (χ2v) is 7.24. The number of rotatable bonds is 11. The molecule has 2 N–H and O–H groups in total. The minimum atomic E-state index is -0.131. The van der Waals surface area contributed by atoms with E-state index in [1.807, 2.05) is 12.1 Å². The number of aliphatic hydroxyl groups excluding tert-OH is 1. The topological polar surface area (TPSA) is 68.2 Å². The summed E-state index contributed by atoms with van der Waals surface area (Å²) in [4.78, 5) is 16.7. The first-order chi connectivity index (χ1) is 14.6. The standard InChI is InChI=1S/C24H32N4O2/c1-3-8-23(20-29)12-7-9-21(2)17-25-26-24(30)19-28-15-13-27(14-16-28)18-22-10-5-4-6-11-22/h3-7,9-12,17,29H,1-2,8,13-16,18-20H2,(H,26,30)/b9-7-,23-12-,25-17+. The van der Waals surface area contributed by atoms with E-state index in [-0.39, 0.29) is 12.5 Å². The van der Waals surface area contributed by atoms with E-state index < -0.39 is 0 Å². The number of aliphatic hydroxyl groups is 1. The Bertz CT molecular complexity index is 776. The van der Waals surface area contributed by atoms with Gasteiger partial charge in [-0.3, -0.25) is 14.6 Å². The van der Waals surface area contributed by atoms with Gasteiger partial charge in [0.05, 0.1) is 19.4 Å². The number of allylic oxidation sites excluding steroid dienone is 5. The van der Waals surface area contributed by atoms with E-state index in [0.717, 1.165) is 38.3 Å². The van der Waals surface area contributed by atoms with E-state index in [1.165, 1.54) is 11.8 Å². The second-order valence-electron chi connectivity index (χ2n) is 7.24. The molecule has 1 aliphatic rings. The van der Waals surface area contributed by atoms with Gasteiger partial charge in [0.15, 0.2) is 0 Å². The van der Waals surface area contributed by atoms with Crippen molar-refractivity contribution in [2.24, 2.45) is 5.10 Å². The summed E-state index contributed by atoms with van der Waals surface area (Å²) < 4.78 is 0. The molecule has 1 aliphatic heterocycles. The summed E-state index contributed by atoms with van der Waals surface area (Å²) in [5, 5.41) is 13.2. The Morgan fingerprint density at radius 1 is 1.17 bits per heavy atom. The molecule has 1 heterocycles. The van der Waals surface area contributed by atoms with Crippen molar-refractivity contribution in [3.63, 3.8) is 0 Å². The highest BCUT2D eigenvalue weighted by Crippen LogP contribution is 2.08. The van der Waals surface area contributed by atoms with Crippen molar-refractivity contribution in [1.82, 2.24) is 15.2 Å². The number of nitrogens with zero attached hydrogens (tertiary/aromatic N) is 3. The molecule has 0 saturated carbocycles. The third-order valence-corrected chi connectivity index (χ3v) is 4.75. The van der Waals surface area contributed by atoms with Gasteiger partial charge in [0.25, 0.3) is 5.91 Å². The first-order valence-electron chi connectivity index (χ1n) is 10.2.